The van der Waals surface area contributed by atoms with Crippen molar-refractivity contribution in [2.75, 3.05) is 0 Å². The summed E-state index contributed by atoms with van der Waals surface area (Å²) >= 11 is 3.23. The topological polar surface area (TPSA) is 100 Å². The van der Waals surface area contributed by atoms with Crippen LogP contribution in [0.2, 0.25) is 0 Å². The second-order valence-corrected chi connectivity index (χ2v) is 3.27. The van der Waals surface area contributed by atoms with Crippen molar-refractivity contribution in [3.63, 3.8) is 0 Å². The van der Waals surface area contributed by atoms with E-state index in [9.17, 15) is 0 Å². The van der Waals surface area contributed by atoms with Crippen molar-refractivity contribution in [2.24, 2.45) is 16.6 Å². The first-order chi connectivity index (χ1) is 6.67. The van der Waals surface area contributed by atoms with E-state index in [2.05, 4.69) is 26.3 Å². The lowest BCUT2D eigenvalue weighted by atomic mass is 10.2. The third-order valence-electron chi connectivity index (χ3n) is 1.47. The number of hydrogen-bond donors (Lipinski definition) is 3. The van der Waals surface area contributed by atoms with E-state index in [1.54, 1.807) is 18.2 Å². The third kappa shape index (κ3) is 2.45. The first-order valence-corrected chi connectivity index (χ1v) is 4.47. The fourth-order valence-corrected chi connectivity index (χ4v) is 1.29. The zero-order valence-corrected chi connectivity index (χ0v) is 8.75. The molecule has 0 spiro atoms. The van der Waals surface area contributed by atoms with Crippen LogP contribution in [0, 0.1) is 11.3 Å². The number of nitrogens with two attached hydrogens (primary N) is 2. The van der Waals surface area contributed by atoms with E-state index in [-0.39, 0.29) is 5.96 Å². The minimum Gasteiger partial charge on any atom is -0.369 e. The van der Waals surface area contributed by atoms with Gasteiger partial charge in [0.15, 0.2) is 0 Å². The molecule has 5 N–H and O–H groups in total. The molecular formula is C8H8BrN5. The van der Waals surface area contributed by atoms with Gasteiger partial charge in [0.05, 0.1) is 11.3 Å². The Hall–Kier alpha value is -1.58. The molecule has 0 unspecified atom stereocenters. The lowest BCUT2D eigenvalue weighted by molar-refractivity contribution is 1.01. The lowest BCUT2D eigenvalue weighted by Crippen LogP contribution is -2.36. The number of benzene rings is 1. The average molecular weight is 254 g/mol. The molecule has 1 aromatic carbocycles. The highest BCUT2D eigenvalue weighted by atomic mass is 79.9. The number of nitrogens with zero attached hydrogens (tertiary/aromatic N) is 2. The van der Waals surface area contributed by atoms with E-state index in [4.69, 9.17) is 16.8 Å². The smallest absolute Gasteiger partial charge is 0.208 e. The molecule has 14 heavy (non-hydrogen) atoms. The molecule has 0 saturated carbocycles. The van der Waals surface area contributed by atoms with Crippen molar-refractivity contribution in [2.45, 2.75) is 0 Å². The Bertz CT molecular complexity index is 407. The highest BCUT2D eigenvalue weighted by Crippen LogP contribution is 2.22. The zero-order valence-electron chi connectivity index (χ0n) is 7.16. The predicted molar refractivity (Wildman–Crippen MR) is 57.5 cm³/mol. The summed E-state index contributed by atoms with van der Waals surface area (Å²) in [6.07, 6.45) is 0. The summed E-state index contributed by atoms with van der Waals surface area (Å²) in [5.74, 6) is 5.16. The van der Waals surface area contributed by atoms with Crippen LogP contribution in [0.3, 0.4) is 0 Å². The summed E-state index contributed by atoms with van der Waals surface area (Å²) in [7, 11) is 0. The maximum atomic E-state index is 8.66. The number of guanidine groups is 1. The van der Waals surface area contributed by atoms with Crippen LogP contribution in [0.4, 0.5) is 5.69 Å². The molecule has 0 atom stereocenters. The normalized spacial score (nSPS) is 10.8. The van der Waals surface area contributed by atoms with Crippen molar-refractivity contribution in [1.82, 2.24) is 5.43 Å². The molecule has 0 aliphatic carbocycles. The standard InChI is InChI=1S/C8H8BrN5/c9-7-3-6(13-8(11)14-12)2-1-5(7)4-10/h1-3H,12H2,(H3,11,13,14). The van der Waals surface area contributed by atoms with Gasteiger partial charge in [-0.1, -0.05) is 0 Å². The number of nitriles is 1. The summed E-state index contributed by atoms with van der Waals surface area (Å²) in [5, 5.41) is 8.66. The largest absolute Gasteiger partial charge is 0.369 e. The Morgan fingerprint density at radius 3 is 2.79 bits per heavy atom. The fourth-order valence-electron chi connectivity index (χ4n) is 0.836. The molecule has 0 aromatic heterocycles. The Kier molecular flexibility index (Phi) is 3.45. The van der Waals surface area contributed by atoms with Crippen molar-refractivity contribution >= 4 is 27.6 Å². The van der Waals surface area contributed by atoms with Gasteiger partial charge in [-0.05, 0) is 34.1 Å². The summed E-state index contributed by atoms with van der Waals surface area (Å²) in [5.41, 5.74) is 8.73. The minimum atomic E-state index is 0.113. The maximum absolute atomic E-state index is 8.66. The highest BCUT2D eigenvalue weighted by Gasteiger charge is 1.99. The first kappa shape index (κ1) is 10.5. The van der Waals surface area contributed by atoms with Crippen LogP contribution >= 0.6 is 15.9 Å². The van der Waals surface area contributed by atoms with E-state index in [0.717, 1.165) is 0 Å². The quantitative estimate of drug-likeness (QED) is 0.297. The van der Waals surface area contributed by atoms with Gasteiger partial charge >= 0.3 is 0 Å². The lowest BCUT2D eigenvalue weighted by Gasteiger charge is -2.00. The molecule has 0 heterocycles. The Labute approximate surface area is 89.5 Å². The van der Waals surface area contributed by atoms with Gasteiger partial charge in [-0.3, -0.25) is 5.43 Å². The number of nitrogens with one attached hydrogen (secondary N) is 1. The second-order valence-electron chi connectivity index (χ2n) is 2.42. The second kappa shape index (κ2) is 4.60. The van der Waals surface area contributed by atoms with Gasteiger partial charge < -0.3 is 5.73 Å². The number of hydrogen-bond acceptors (Lipinski definition) is 3. The Morgan fingerprint density at radius 1 is 1.57 bits per heavy atom. The SMILES string of the molecule is N#Cc1ccc(N=C(N)NN)cc1Br. The summed E-state index contributed by atoms with van der Waals surface area (Å²) in [4.78, 5) is 3.93. The van der Waals surface area contributed by atoms with Crippen molar-refractivity contribution < 1.29 is 0 Å². The van der Waals surface area contributed by atoms with Crippen molar-refractivity contribution in [3.05, 3.63) is 28.2 Å². The Balaban J connectivity index is 3.05. The maximum Gasteiger partial charge on any atom is 0.208 e. The van der Waals surface area contributed by atoms with Crippen LogP contribution in [-0.4, -0.2) is 5.96 Å². The Morgan fingerprint density at radius 2 is 2.29 bits per heavy atom. The molecule has 0 aliphatic heterocycles. The fraction of sp³-hybridized carbons (Fsp3) is 0. The zero-order chi connectivity index (χ0) is 10.6. The van der Waals surface area contributed by atoms with Crippen LogP contribution in [0.15, 0.2) is 27.7 Å². The molecule has 1 rings (SSSR count). The van der Waals surface area contributed by atoms with Gasteiger partial charge in [0.1, 0.15) is 6.07 Å². The van der Waals surface area contributed by atoms with Gasteiger partial charge in [0.25, 0.3) is 0 Å². The predicted octanol–water partition coefficient (Wildman–Crippen LogP) is 0.730. The summed E-state index contributed by atoms with van der Waals surface area (Å²) in [6.45, 7) is 0. The molecule has 0 radical (unpaired) electrons. The number of rotatable bonds is 1. The monoisotopic (exact) mass is 253 g/mol. The molecule has 6 heteroatoms. The molecule has 0 amide bonds. The molecule has 1 aromatic rings. The van der Waals surface area contributed by atoms with Crippen LogP contribution in [-0.2, 0) is 0 Å². The van der Waals surface area contributed by atoms with Gasteiger partial charge in [0, 0.05) is 4.47 Å². The minimum absolute atomic E-state index is 0.113. The van der Waals surface area contributed by atoms with Crippen molar-refractivity contribution in [1.29, 1.82) is 5.26 Å². The van der Waals surface area contributed by atoms with Crippen LogP contribution < -0.4 is 17.0 Å². The molecular weight excluding hydrogens is 246 g/mol. The van der Waals surface area contributed by atoms with Gasteiger partial charge in [-0.25, -0.2) is 10.8 Å². The van der Waals surface area contributed by atoms with Crippen LogP contribution in [0.5, 0.6) is 0 Å². The summed E-state index contributed by atoms with van der Waals surface area (Å²) < 4.78 is 0.672. The van der Waals surface area contributed by atoms with Crippen LogP contribution in [0.1, 0.15) is 5.56 Å². The molecule has 0 bridgehead atoms. The van der Waals surface area contributed by atoms with E-state index < -0.39 is 0 Å². The molecule has 5 nitrogen and oxygen atoms in total. The number of hydrazine groups is 1. The van der Waals surface area contributed by atoms with Crippen LogP contribution in [0.25, 0.3) is 0 Å². The molecule has 0 saturated heterocycles. The van der Waals surface area contributed by atoms with E-state index >= 15 is 0 Å². The average Bonchev–Trinajstić information content (AvgIpc) is 2.18. The number of halogens is 1. The summed E-state index contributed by atoms with van der Waals surface area (Å²) in [6, 6.07) is 7.03. The van der Waals surface area contributed by atoms with Gasteiger partial charge in [0.2, 0.25) is 5.96 Å². The molecule has 72 valence electrons. The third-order valence-corrected chi connectivity index (χ3v) is 2.13. The number of aliphatic imine (C=N–C) groups is 1. The highest BCUT2D eigenvalue weighted by molar-refractivity contribution is 9.10. The van der Waals surface area contributed by atoms with E-state index in [1.807, 2.05) is 6.07 Å². The molecule has 0 aliphatic rings. The van der Waals surface area contributed by atoms with E-state index in [0.29, 0.717) is 15.7 Å². The first-order valence-electron chi connectivity index (χ1n) is 3.68. The van der Waals surface area contributed by atoms with Gasteiger partial charge in [-0.2, -0.15) is 5.26 Å². The van der Waals surface area contributed by atoms with Gasteiger partial charge in [-0.15, -0.1) is 0 Å². The van der Waals surface area contributed by atoms with E-state index in [1.165, 1.54) is 0 Å². The van der Waals surface area contributed by atoms with Crippen molar-refractivity contribution in [3.8, 4) is 6.07 Å². The molecule has 0 fully saturated rings.